The molecule has 0 unspecified atom stereocenters. The summed E-state index contributed by atoms with van der Waals surface area (Å²) in [4.78, 5) is 24.5. The maximum atomic E-state index is 12.4. The number of Topliss-reactive ketones (excluding diaryl/α,β-unsaturated/α-hetero) is 1. The Bertz CT molecular complexity index is 725. The second-order valence-corrected chi connectivity index (χ2v) is 5.32. The molecule has 0 aliphatic carbocycles. The molecule has 0 aromatic heterocycles. The van der Waals surface area contributed by atoms with E-state index in [2.05, 4.69) is 10.6 Å². The third-order valence-electron chi connectivity index (χ3n) is 3.71. The van der Waals surface area contributed by atoms with Crippen molar-refractivity contribution in [3.63, 3.8) is 0 Å². The highest BCUT2D eigenvalue weighted by Crippen LogP contribution is 2.27. The molecule has 1 heterocycles. The highest BCUT2D eigenvalue weighted by Gasteiger charge is 2.27. The Kier molecular flexibility index (Phi) is 4.28. The van der Waals surface area contributed by atoms with Gasteiger partial charge in [0.1, 0.15) is 11.8 Å². The molecule has 0 bridgehead atoms. The van der Waals surface area contributed by atoms with Crippen LogP contribution in [-0.4, -0.2) is 24.3 Å². The van der Waals surface area contributed by atoms with Crippen LogP contribution in [0.5, 0.6) is 5.75 Å². The van der Waals surface area contributed by atoms with Gasteiger partial charge in [-0.15, -0.1) is 0 Å². The fourth-order valence-electron chi connectivity index (χ4n) is 2.54. The molecule has 2 aromatic rings. The number of carbonyl (C=O) groups is 2. The van der Waals surface area contributed by atoms with Crippen LogP contribution >= 0.6 is 0 Å². The van der Waals surface area contributed by atoms with Crippen molar-refractivity contribution in [2.75, 3.05) is 17.2 Å². The minimum absolute atomic E-state index is 0.0833. The van der Waals surface area contributed by atoms with Crippen molar-refractivity contribution in [1.82, 2.24) is 0 Å². The van der Waals surface area contributed by atoms with E-state index < -0.39 is 6.04 Å². The van der Waals surface area contributed by atoms with Crippen LogP contribution in [-0.2, 0) is 4.79 Å². The van der Waals surface area contributed by atoms with Crippen LogP contribution in [0.4, 0.5) is 11.4 Å². The third-order valence-corrected chi connectivity index (χ3v) is 3.71. The van der Waals surface area contributed by atoms with Crippen LogP contribution in [0.15, 0.2) is 48.5 Å². The molecular formula is C18H18N2O3. The number of carbonyl (C=O) groups excluding carboxylic acids is 2. The van der Waals surface area contributed by atoms with E-state index in [-0.39, 0.29) is 18.1 Å². The van der Waals surface area contributed by atoms with Gasteiger partial charge in [0.2, 0.25) is 5.91 Å². The number of para-hydroxylation sites is 2. The zero-order valence-corrected chi connectivity index (χ0v) is 12.8. The molecule has 0 spiro atoms. The SMILES string of the molecule is CCOc1ccc(C(=O)C[C@H]2Nc3ccccc3NC2=O)cc1. The lowest BCUT2D eigenvalue weighted by Gasteiger charge is -2.26. The van der Waals surface area contributed by atoms with Crippen LogP contribution < -0.4 is 15.4 Å². The Morgan fingerprint density at radius 2 is 1.78 bits per heavy atom. The van der Waals surface area contributed by atoms with Gasteiger partial charge in [-0.25, -0.2) is 0 Å². The fraction of sp³-hybridized carbons (Fsp3) is 0.222. The van der Waals surface area contributed by atoms with E-state index in [9.17, 15) is 9.59 Å². The monoisotopic (exact) mass is 310 g/mol. The number of rotatable bonds is 5. The first kappa shape index (κ1) is 15.1. The smallest absolute Gasteiger partial charge is 0.247 e. The van der Waals surface area contributed by atoms with E-state index in [1.807, 2.05) is 31.2 Å². The molecule has 2 aromatic carbocycles. The molecule has 23 heavy (non-hydrogen) atoms. The first-order valence-corrected chi connectivity index (χ1v) is 7.60. The van der Waals surface area contributed by atoms with E-state index in [0.717, 1.165) is 17.1 Å². The summed E-state index contributed by atoms with van der Waals surface area (Å²) in [6.45, 7) is 2.49. The van der Waals surface area contributed by atoms with Crippen molar-refractivity contribution in [3.05, 3.63) is 54.1 Å². The molecule has 5 nitrogen and oxygen atoms in total. The Balaban J connectivity index is 1.69. The van der Waals surface area contributed by atoms with E-state index in [1.165, 1.54) is 0 Å². The van der Waals surface area contributed by atoms with Crippen LogP contribution in [0.25, 0.3) is 0 Å². The summed E-state index contributed by atoms with van der Waals surface area (Å²) in [6, 6.07) is 13.9. The highest BCUT2D eigenvalue weighted by atomic mass is 16.5. The number of ketones is 1. The molecule has 0 radical (unpaired) electrons. The molecule has 0 saturated carbocycles. The molecular weight excluding hydrogens is 292 g/mol. The summed E-state index contributed by atoms with van der Waals surface area (Å²) in [5.74, 6) is 0.453. The quantitative estimate of drug-likeness (QED) is 0.833. The van der Waals surface area contributed by atoms with Crippen molar-refractivity contribution < 1.29 is 14.3 Å². The molecule has 5 heteroatoms. The first-order chi connectivity index (χ1) is 11.2. The van der Waals surface area contributed by atoms with Crippen LogP contribution in [0.3, 0.4) is 0 Å². The van der Waals surface area contributed by atoms with Gasteiger partial charge in [0.15, 0.2) is 5.78 Å². The number of fused-ring (bicyclic) bond motifs is 1. The lowest BCUT2D eigenvalue weighted by atomic mass is 10.0. The Hall–Kier alpha value is -2.82. The number of anilines is 2. The van der Waals surface area contributed by atoms with Gasteiger partial charge >= 0.3 is 0 Å². The average molecular weight is 310 g/mol. The van der Waals surface area contributed by atoms with Gasteiger partial charge in [-0.1, -0.05) is 12.1 Å². The summed E-state index contributed by atoms with van der Waals surface area (Å²) in [7, 11) is 0. The maximum Gasteiger partial charge on any atom is 0.247 e. The molecule has 0 saturated heterocycles. The number of hydrogen-bond donors (Lipinski definition) is 2. The van der Waals surface area contributed by atoms with Crippen molar-refractivity contribution in [1.29, 1.82) is 0 Å². The summed E-state index contributed by atoms with van der Waals surface area (Å²) in [5, 5.41) is 5.94. The topological polar surface area (TPSA) is 67.4 Å². The third kappa shape index (κ3) is 3.34. The van der Waals surface area contributed by atoms with Crippen LogP contribution in [0.2, 0.25) is 0 Å². The maximum absolute atomic E-state index is 12.4. The lowest BCUT2D eigenvalue weighted by Crippen LogP contribution is -2.40. The molecule has 1 amide bonds. The molecule has 1 atom stereocenters. The Labute approximate surface area is 134 Å². The number of benzene rings is 2. The predicted octanol–water partition coefficient (Wildman–Crippen LogP) is 3.09. The van der Waals surface area contributed by atoms with E-state index in [0.29, 0.717) is 12.2 Å². The Morgan fingerprint density at radius 3 is 2.48 bits per heavy atom. The van der Waals surface area contributed by atoms with Crippen LogP contribution in [0, 0.1) is 0 Å². The Morgan fingerprint density at radius 1 is 1.09 bits per heavy atom. The number of ether oxygens (including phenoxy) is 1. The summed E-state index contributed by atoms with van der Waals surface area (Å²) in [5.41, 5.74) is 2.14. The largest absolute Gasteiger partial charge is 0.494 e. The molecule has 1 aliphatic rings. The molecule has 118 valence electrons. The number of nitrogens with one attached hydrogen (secondary N) is 2. The van der Waals surface area contributed by atoms with Crippen molar-refractivity contribution in [2.45, 2.75) is 19.4 Å². The first-order valence-electron chi connectivity index (χ1n) is 7.60. The summed E-state index contributed by atoms with van der Waals surface area (Å²) in [6.07, 6.45) is 0.105. The lowest BCUT2D eigenvalue weighted by molar-refractivity contribution is -0.117. The average Bonchev–Trinajstić information content (AvgIpc) is 2.56. The van der Waals surface area contributed by atoms with E-state index in [1.54, 1.807) is 24.3 Å². The second kappa shape index (κ2) is 6.52. The number of hydrogen-bond acceptors (Lipinski definition) is 4. The molecule has 0 fully saturated rings. The van der Waals surface area contributed by atoms with Crippen molar-refractivity contribution >= 4 is 23.1 Å². The van der Waals surface area contributed by atoms with E-state index >= 15 is 0 Å². The summed E-state index contributed by atoms with van der Waals surface area (Å²) >= 11 is 0. The van der Waals surface area contributed by atoms with Gasteiger partial charge in [-0.05, 0) is 43.3 Å². The van der Waals surface area contributed by atoms with Gasteiger partial charge in [0.25, 0.3) is 0 Å². The van der Waals surface area contributed by atoms with Gasteiger partial charge in [0.05, 0.1) is 18.0 Å². The van der Waals surface area contributed by atoms with Gasteiger partial charge in [0, 0.05) is 12.0 Å². The summed E-state index contributed by atoms with van der Waals surface area (Å²) < 4.78 is 5.36. The number of amides is 1. The molecule has 1 aliphatic heterocycles. The predicted molar refractivity (Wildman–Crippen MR) is 89.0 cm³/mol. The van der Waals surface area contributed by atoms with Gasteiger partial charge < -0.3 is 15.4 Å². The minimum atomic E-state index is -0.566. The van der Waals surface area contributed by atoms with Gasteiger partial charge in [-0.3, -0.25) is 9.59 Å². The highest BCUT2D eigenvalue weighted by molar-refractivity contribution is 6.07. The van der Waals surface area contributed by atoms with Crippen molar-refractivity contribution in [2.24, 2.45) is 0 Å². The van der Waals surface area contributed by atoms with E-state index in [4.69, 9.17) is 4.74 Å². The van der Waals surface area contributed by atoms with Crippen molar-refractivity contribution in [3.8, 4) is 5.75 Å². The molecule has 2 N–H and O–H groups in total. The fourth-order valence-corrected chi connectivity index (χ4v) is 2.54. The zero-order valence-electron chi connectivity index (χ0n) is 12.8. The van der Waals surface area contributed by atoms with Gasteiger partial charge in [-0.2, -0.15) is 0 Å². The van der Waals surface area contributed by atoms with Crippen LogP contribution in [0.1, 0.15) is 23.7 Å². The molecule has 3 rings (SSSR count). The second-order valence-electron chi connectivity index (χ2n) is 5.32. The zero-order chi connectivity index (χ0) is 16.2. The standard InChI is InChI=1S/C18H18N2O3/c1-2-23-13-9-7-12(8-10-13)17(21)11-16-18(22)20-15-6-4-3-5-14(15)19-16/h3-10,16,19H,2,11H2,1H3,(H,20,22)/t16-/m1/s1. The minimum Gasteiger partial charge on any atom is -0.494 e. The normalized spacial score (nSPS) is 16.0.